The lowest BCUT2D eigenvalue weighted by molar-refractivity contribution is 0.0964. The number of fused-ring (bicyclic) bond motifs is 2. The van der Waals surface area contributed by atoms with E-state index in [1.165, 1.54) is 23.5 Å². The van der Waals surface area contributed by atoms with Crippen molar-refractivity contribution in [3.8, 4) is 11.3 Å². The van der Waals surface area contributed by atoms with Gasteiger partial charge < -0.3 is 14.8 Å². The summed E-state index contributed by atoms with van der Waals surface area (Å²) in [5.74, 6) is -2.66. The van der Waals surface area contributed by atoms with Gasteiger partial charge in [0.05, 0.1) is 29.7 Å². The number of aliphatic hydroxyl groups excluding tert-OH is 1. The number of sulfonamides is 1. The van der Waals surface area contributed by atoms with Crippen molar-refractivity contribution in [3.05, 3.63) is 53.1 Å². The van der Waals surface area contributed by atoms with E-state index in [0.717, 1.165) is 12.3 Å². The van der Waals surface area contributed by atoms with Crippen LogP contribution in [0.4, 0.5) is 14.5 Å². The van der Waals surface area contributed by atoms with E-state index in [-0.39, 0.29) is 41.5 Å². The zero-order valence-corrected chi connectivity index (χ0v) is 18.3. The van der Waals surface area contributed by atoms with E-state index in [4.69, 9.17) is 4.42 Å². The second-order valence-electron chi connectivity index (χ2n) is 7.77. The molecule has 4 rings (SSSR count). The van der Waals surface area contributed by atoms with Gasteiger partial charge in [0, 0.05) is 37.0 Å². The van der Waals surface area contributed by atoms with Crippen LogP contribution in [0, 0.1) is 11.6 Å². The van der Waals surface area contributed by atoms with Crippen molar-refractivity contribution in [3.63, 3.8) is 0 Å². The highest BCUT2D eigenvalue weighted by Crippen LogP contribution is 2.42. The Morgan fingerprint density at radius 1 is 1.28 bits per heavy atom. The highest BCUT2D eigenvalue weighted by Gasteiger charge is 2.31. The standard InChI is InChI=1S/C22H22F2N2O5S/c1-25-22(28)20-16-9-15-12(11-27)4-3-7-26(32(2,29)30)18(15)10-19(16)31-21(20)14-6-5-13(23)8-17(14)24/h5-6,8-10,12,27H,3-4,7,11H2,1-2H3,(H,25,28). The van der Waals surface area contributed by atoms with Crippen LogP contribution in [0.15, 0.2) is 34.7 Å². The molecule has 0 fully saturated rings. The van der Waals surface area contributed by atoms with E-state index in [1.54, 1.807) is 6.07 Å². The molecule has 2 N–H and O–H groups in total. The number of nitrogens with one attached hydrogen (secondary N) is 1. The van der Waals surface area contributed by atoms with Crippen molar-refractivity contribution in [1.82, 2.24) is 5.32 Å². The summed E-state index contributed by atoms with van der Waals surface area (Å²) in [5.41, 5.74) is 1.02. The molecule has 0 spiro atoms. The molecule has 0 aliphatic carbocycles. The minimum Gasteiger partial charge on any atom is -0.455 e. The zero-order chi connectivity index (χ0) is 23.2. The van der Waals surface area contributed by atoms with E-state index in [1.807, 2.05) is 0 Å². The lowest BCUT2D eigenvalue weighted by atomic mass is 9.92. The van der Waals surface area contributed by atoms with Crippen molar-refractivity contribution >= 4 is 32.6 Å². The Hall–Kier alpha value is -2.98. The van der Waals surface area contributed by atoms with Crippen molar-refractivity contribution in [2.24, 2.45) is 0 Å². The largest absolute Gasteiger partial charge is 0.455 e. The van der Waals surface area contributed by atoms with Crippen LogP contribution in [0.3, 0.4) is 0 Å². The fourth-order valence-electron chi connectivity index (χ4n) is 4.20. The molecule has 0 saturated carbocycles. The van der Waals surface area contributed by atoms with Crippen LogP contribution >= 0.6 is 0 Å². The van der Waals surface area contributed by atoms with E-state index in [9.17, 15) is 27.1 Å². The number of furan rings is 1. The van der Waals surface area contributed by atoms with Gasteiger partial charge in [-0.3, -0.25) is 9.10 Å². The molecule has 1 aliphatic heterocycles. The van der Waals surface area contributed by atoms with Gasteiger partial charge in [-0.2, -0.15) is 0 Å². The number of rotatable bonds is 4. The zero-order valence-electron chi connectivity index (χ0n) is 17.5. The van der Waals surface area contributed by atoms with Crippen LogP contribution in [-0.2, 0) is 10.0 Å². The molecule has 170 valence electrons. The molecule has 2 heterocycles. The molecule has 0 saturated heterocycles. The Kier molecular flexibility index (Phi) is 5.68. The van der Waals surface area contributed by atoms with Gasteiger partial charge in [0.15, 0.2) is 5.76 Å². The minimum absolute atomic E-state index is 0.0441. The number of anilines is 1. The number of carbonyl (C=O) groups excluding carboxylic acids is 1. The minimum atomic E-state index is -3.62. The summed E-state index contributed by atoms with van der Waals surface area (Å²) >= 11 is 0. The Morgan fingerprint density at radius 2 is 2.03 bits per heavy atom. The smallest absolute Gasteiger partial charge is 0.255 e. The first-order valence-electron chi connectivity index (χ1n) is 10.0. The topological polar surface area (TPSA) is 99.8 Å². The van der Waals surface area contributed by atoms with E-state index >= 15 is 0 Å². The molecule has 1 unspecified atom stereocenters. The number of amides is 1. The number of aliphatic hydroxyl groups is 1. The molecular weight excluding hydrogens is 442 g/mol. The third-order valence-electron chi connectivity index (χ3n) is 5.71. The Morgan fingerprint density at radius 3 is 2.66 bits per heavy atom. The molecule has 2 aromatic carbocycles. The predicted molar refractivity (Wildman–Crippen MR) is 116 cm³/mol. The Balaban J connectivity index is 2.06. The molecule has 3 aromatic rings. The van der Waals surface area contributed by atoms with Crippen molar-refractivity contribution in [1.29, 1.82) is 0 Å². The average Bonchev–Trinajstić information content (AvgIpc) is 2.98. The summed E-state index contributed by atoms with van der Waals surface area (Å²) in [6.07, 6.45) is 2.19. The molecule has 32 heavy (non-hydrogen) atoms. The van der Waals surface area contributed by atoms with Gasteiger partial charge in [0.25, 0.3) is 5.91 Å². The molecule has 0 bridgehead atoms. The van der Waals surface area contributed by atoms with Gasteiger partial charge in [-0.1, -0.05) is 0 Å². The van der Waals surface area contributed by atoms with Crippen LogP contribution in [-0.4, -0.2) is 45.9 Å². The number of halogens is 2. The number of carbonyl (C=O) groups is 1. The summed E-state index contributed by atoms with van der Waals surface area (Å²) in [4.78, 5) is 12.7. The SMILES string of the molecule is CNC(=O)c1c(-c2ccc(F)cc2F)oc2cc3c(cc12)C(CO)CCCN3S(C)(=O)=O. The maximum atomic E-state index is 14.5. The van der Waals surface area contributed by atoms with Crippen LogP contribution in [0.25, 0.3) is 22.3 Å². The molecular formula is C22H22F2N2O5S. The van der Waals surface area contributed by atoms with Gasteiger partial charge in [-0.25, -0.2) is 17.2 Å². The second-order valence-corrected chi connectivity index (χ2v) is 9.68. The lowest BCUT2D eigenvalue weighted by Gasteiger charge is -2.23. The van der Waals surface area contributed by atoms with E-state index < -0.39 is 27.6 Å². The molecule has 1 amide bonds. The molecule has 7 nitrogen and oxygen atoms in total. The van der Waals surface area contributed by atoms with Gasteiger partial charge in [0.2, 0.25) is 10.0 Å². The van der Waals surface area contributed by atoms with Gasteiger partial charge in [0.1, 0.15) is 17.2 Å². The van der Waals surface area contributed by atoms with Crippen molar-refractivity contribution in [2.75, 3.05) is 30.8 Å². The van der Waals surface area contributed by atoms with Crippen LogP contribution in [0.2, 0.25) is 0 Å². The fourth-order valence-corrected chi connectivity index (χ4v) is 5.17. The van der Waals surface area contributed by atoms with Crippen molar-refractivity contribution in [2.45, 2.75) is 18.8 Å². The lowest BCUT2D eigenvalue weighted by Crippen LogP contribution is -2.30. The quantitative estimate of drug-likeness (QED) is 0.617. The molecule has 1 atom stereocenters. The number of benzene rings is 2. The summed E-state index contributed by atoms with van der Waals surface area (Å²) in [6, 6.07) is 6.05. The Bertz CT molecular complexity index is 1320. The Labute approximate surface area is 183 Å². The first kappa shape index (κ1) is 22.2. The van der Waals surface area contributed by atoms with Crippen LogP contribution in [0.1, 0.15) is 34.7 Å². The van der Waals surface area contributed by atoms with Crippen molar-refractivity contribution < 1.29 is 31.5 Å². The summed E-state index contributed by atoms with van der Waals surface area (Å²) in [5, 5.41) is 12.8. The average molecular weight is 464 g/mol. The van der Waals surface area contributed by atoms with Gasteiger partial charge in [-0.15, -0.1) is 0 Å². The first-order chi connectivity index (χ1) is 15.2. The highest BCUT2D eigenvalue weighted by molar-refractivity contribution is 7.92. The van der Waals surface area contributed by atoms with Crippen LogP contribution < -0.4 is 9.62 Å². The summed E-state index contributed by atoms with van der Waals surface area (Å²) in [7, 11) is -2.21. The molecule has 1 aliphatic rings. The van der Waals surface area contributed by atoms with Crippen LogP contribution in [0.5, 0.6) is 0 Å². The first-order valence-corrected chi connectivity index (χ1v) is 11.9. The third kappa shape index (κ3) is 3.73. The van der Waals surface area contributed by atoms with Gasteiger partial charge in [-0.05, 0) is 36.6 Å². The fraction of sp³-hybridized carbons (Fsp3) is 0.318. The highest BCUT2D eigenvalue weighted by atomic mass is 32.2. The molecule has 0 radical (unpaired) electrons. The second kappa shape index (κ2) is 8.18. The maximum Gasteiger partial charge on any atom is 0.255 e. The number of hydrogen-bond acceptors (Lipinski definition) is 5. The summed E-state index contributed by atoms with van der Waals surface area (Å²) in [6.45, 7) is 0.0268. The molecule has 1 aromatic heterocycles. The third-order valence-corrected chi connectivity index (χ3v) is 6.89. The number of nitrogens with zero attached hydrogens (tertiary/aromatic N) is 1. The normalized spacial score (nSPS) is 16.7. The van der Waals surface area contributed by atoms with Gasteiger partial charge >= 0.3 is 0 Å². The van der Waals surface area contributed by atoms with E-state index in [2.05, 4.69) is 5.32 Å². The predicted octanol–water partition coefficient (Wildman–Crippen LogP) is 3.37. The monoisotopic (exact) mass is 464 g/mol. The van der Waals surface area contributed by atoms with E-state index in [0.29, 0.717) is 35.5 Å². The number of hydrogen-bond donors (Lipinski definition) is 2. The maximum absolute atomic E-state index is 14.5. The molecule has 10 heteroatoms. The summed E-state index contributed by atoms with van der Waals surface area (Å²) < 4.78 is 60.0.